The molecule has 1 heterocycles. The van der Waals surface area contributed by atoms with Gasteiger partial charge in [-0.15, -0.1) is 0 Å². The lowest BCUT2D eigenvalue weighted by Crippen LogP contribution is -2.11. The number of aromatic nitrogens is 2. The van der Waals surface area contributed by atoms with E-state index >= 15 is 0 Å². The van der Waals surface area contributed by atoms with Crippen molar-refractivity contribution in [3.8, 4) is 0 Å². The zero-order valence-electron chi connectivity index (χ0n) is 8.14. The van der Waals surface area contributed by atoms with Crippen LogP contribution in [0, 0.1) is 0 Å². The molecule has 0 aliphatic rings. The minimum atomic E-state index is -3.79. The molecule has 0 bridgehead atoms. The standard InChI is InChI=1S/C9H5Cl3N2O2S/c10-6-3-8(12)9(4-7(6)11)17(15,16)14-2-1-13-5-14/h1-5H. The highest BCUT2D eigenvalue weighted by Gasteiger charge is 2.21. The molecule has 0 aliphatic heterocycles. The quantitative estimate of drug-likeness (QED) is 0.801. The van der Waals surface area contributed by atoms with E-state index in [1.807, 2.05) is 0 Å². The first kappa shape index (κ1) is 12.7. The minimum absolute atomic E-state index is 0.00750. The van der Waals surface area contributed by atoms with Gasteiger partial charge in [-0.1, -0.05) is 34.8 Å². The number of nitrogens with zero attached hydrogens (tertiary/aromatic N) is 2. The van der Waals surface area contributed by atoms with Gasteiger partial charge in [0.25, 0.3) is 10.0 Å². The Hall–Kier alpha value is -0.750. The molecule has 8 heteroatoms. The van der Waals surface area contributed by atoms with Gasteiger partial charge >= 0.3 is 0 Å². The Labute approximate surface area is 113 Å². The first-order valence-corrected chi connectivity index (χ1v) is 6.88. The predicted octanol–water partition coefficient (Wildman–Crippen LogP) is 3.08. The summed E-state index contributed by atoms with van der Waals surface area (Å²) in [6.45, 7) is 0. The fraction of sp³-hybridized carbons (Fsp3) is 0. The van der Waals surface area contributed by atoms with Gasteiger partial charge in [0.1, 0.15) is 11.2 Å². The first-order valence-electron chi connectivity index (χ1n) is 4.31. The summed E-state index contributed by atoms with van der Waals surface area (Å²) in [5.74, 6) is 0. The Morgan fingerprint density at radius 2 is 1.71 bits per heavy atom. The lowest BCUT2D eigenvalue weighted by Gasteiger charge is -2.08. The van der Waals surface area contributed by atoms with Crippen molar-refractivity contribution >= 4 is 44.8 Å². The SMILES string of the molecule is O=S(=O)(c1cc(Cl)c(Cl)cc1Cl)n1ccnc1. The lowest BCUT2D eigenvalue weighted by molar-refractivity contribution is 0.587. The van der Waals surface area contributed by atoms with Crippen LogP contribution in [0.15, 0.2) is 35.7 Å². The van der Waals surface area contributed by atoms with Gasteiger partial charge in [0, 0.05) is 12.4 Å². The number of hydrogen-bond acceptors (Lipinski definition) is 3. The molecule has 0 N–H and O–H groups in total. The summed E-state index contributed by atoms with van der Waals surface area (Å²) in [7, 11) is -3.79. The Bertz CT molecular complexity index is 653. The third kappa shape index (κ3) is 2.28. The summed E-state index contributed by atoms with van der Waals surface area (Å²) in [5, 5.41) is 0.323. The average Bonchev–Trinajstić information content (AvgIpc) is 2.77. The maximum absolute atomic E-state index is 12.1. The number of halogens is 3. The van der Waals surface area contributed by atoms with Crippen LogP contribution in [0.1, 0.15) is 0 Å². The van der Waals surface area contributed by atoms with E-state index < -0.39 is 10.0 Å². The molecule has 0 saturated carbocycles. The molecule has 0 atom stereocenters. The van der Waals surface area contributed by atoms with E-state index in [-0.39, 0.29) is 20.0 Å². The van der Waals surface area contributed by atoms with E-state index in [9.17, 15) is 8.42 Å². The number of imidazole rings is 1. The monoisotopic (exact) mass is 310 g/mol. The van der Waals surface area contributed by atoms with Gasteiger partial charge in [-0.25, -0.2) is 17.4 Å². The van der Waals surface area contributed by atoms with E-state index in [1.54, 1.807) is 0 Å². The number of benzene rings is 1. The smallest absolute Gasteiger partial charge is 0.244 e. The molecule has 0 unspecified atom stereocenters. The van der Waals surface area contributed by atoms with Crippen LogP contribution in [0.2, 0.25) is 15.1 Å². The van der Waals surface area contributed by atoms with Gasteiger partial charge in [-0.2, -0.15) is 0 Å². The Morgan fingerprint density at radius 3 is 2.29 bits per heavy atom. The summed E-state index contributed by atoms with van der Waals surface area (Å²) in [5.41, 5.74) is 0. The minimum Gasteiger partial charge on any atom is -0.244 e. The third-order valence-corrected chi connectivity index (χ3v) is 4.82. The summed E-state index contributed by atoms with van der Waals surface area (Å²) in [6.07, 6.45) is 3.81. The Morgan fingerprint density at radius 1 is 1.06 bits per heavy atom. The van der Waals surface area contributed by atoms with Crippen molar-refractivity contribution in [2.24, 2.45) is 0 Å². The Kier molecular flexibility index (Phi) is 3.36. The van der Waals surface area contributed by atoms with Crippen LogP contribution in [0.25, 0.3) is 0 Å². The zero-order valence-corrected chi connectivity index (χ0v) is 11.2. The molecule has 0 amide bonds. The second-order valence-electron chi connectivity index (χ2n) is 3.09. The second-order valence-corrected chi connectivity index (χ2v) is 6.13. The molecule has 4 nitrogen and oxygen atoms in total. The van der Waals surface area contributed by atoms with Crippen LogP contribution < -0.4 is 0 Å². The molecular weight excluding hydrogens is 307 g/mol. The molecule has 0 saturated heterocycles. The van der Waals surface area contributed by atoms with E-state index in [0.717, 1.165) is 10.3 Å². The van der Waals surface area contributed by atoms with Gasteiger partial charge in [0.2, 0.25) is 0 Å². The van der Waals surface area contributed by atoms with Crippen LogP contribution in [-0.4, -0.2) is 17.4 Å². The van der Waals surface area contributed by atoms with Crippen molar-refractivity contribution < 1.29 is 8.42 Å². The molecule has 0 spiro atoms. The van der Waals surface area contributed by atoms with Gasteiger partial charge < -0.3 is 0 Å². The summed E-state index contributed by atoms with van der Waals surface area (Å²) in [6, 6.07) is 2.50. The molecule has 2 aromatic rings. The maximum atomic E-state index is 12.1. The van der Waals surface area contributed by atoms with Crippen LogP contribution in [-0.2, 0) is 10.0 Å². The average molecular weight is 312 g/mol. The van der Waals surface area contributed by atoms with E-state index in [1.165, 1.54) is 24.5 Å². The molecule has 0 fully saturated rings. The van der Waals surface area contributed by atoms with Crippen molar-refractivity contribution in [3.05, 3.63) is 45.9 Å². The molecular formula is C9H5Cl3N2O2S. The highest BCUT2D eigenvalue weighted by atomic mass is 35.5. The second kappa shape index (κ2) is 4.49. The van der Waals surface area contributed by atoms with Gasteiger partial charge in [-0.3, -0.25) is 0 Å². The summed E-state index contributed by atoms with van der Waals surface area (Å²) in [4.78, 5) is 3.55. The van der Waals surface area contributed by atoms with Crippen LogP contribution in [0.4, 0.5) is 0 Å². The molecule has 0 radical (unpaired) electrons. The molecule has 1 aromatic carbocycles. The topological polar surface area (TPSA) is 52.0 Å². The first-order chi connectivity index (χ1) is 7.93. The van der Waals surface area contributed by atoms with Crippen molar-refractivity contribution in [1.29, 1.82) is 0 Å². The van der Waals surface area contributed by atoms with Gasteiger partial charge in [0.15, 0.2) is 0 Å². The van der Waals surface area contributed by atoms with E-state index in [2.05, 4.69) is 4.98 Å². The third-order valence-electron chi connectivity index (χ3n) is 2.01. The van der Waals surface area contributed by atoms with Crippen molar-refractivity contribution in [2.45, 2.75) is 4.90 Å². The lowest BCUT2D eigenvalue weighted by atomic mass is 10.4. The van der Waals surface area contributed by atoms with Crippen LogP contribution >= 0.6 is 34.8 Å². The van der Waals surface area contributed by atoms with Crippen LogP contribution in [0.3, 0.4) is 0 Å². The normalized spacial score (nSPS) is 11.7. The number of rotatable bonds is 2. The fourth-order valence-corrected chi connectivity index (χ4v) is 3.30. The van der Waals surface area contributed by atoms with Crippen molar-refractivity contribution in [1.82, 2.24) is 8.96 Å². The van der Waals surface area contributed by atoms with E-state index in [4.69, 9.17) is 34.8 Å². The van der Waals surface area contributed by atoms with Crippen molar-refractivity contribution in [2.75, 3.05) is 0 Å². The van der Waals surface area contributed by atoms with Crippen LogP contribution in [0.5, 0.6) is 0 Å². The molecule has 90 valence electrons. The molecule has 17 heavy (non-hydrogen) atoms. The summed E-state index contributed by atoms with van der Waals surface area (Å²) >= 11 is 17.4. The number of hydrogen-bond donors (Lipinski definition) is 0. The largest absolute Gasteiger partial charge is 0.270 e. The molecule has 0 aliphatic carbocycles. The highest BCUT2D eigenvalue weighted by Crippen LogP contribution is 2.32. The van der Waals surface area contributed by atoms with Gasteiger partial charge in [-0.05, 0) is 12.1 Å². The van der Waals surface area contributed by atoms with Gasteiger partial charge in [0.05, 0.1) is 15.1 Å². The van der Waals surface area contributed by atoms with Crippen molar-refractivity contribution in [3.63, 3.8) is 0 Å². The maximum Gasteiger partial charge on any atom is 0.270 e. The summed E-state index contributed by atoms with van der Waals surface area (Å²) < 4.78 is 25.2. The Balaban J connectivity index is 2.67. The fourth-order valence-electron chi connectivity index (χ4n) is 1.20. The highest BCUT2D eigenvalue weighted by molar-refractivity contribution is 7.90. The van der Waals surface area contributed by atoms with E-state index in [0.29, 0.717) is 0 Å². The molecule has 1 aromatic heterocycles. The zero-order chi connectivity index (χ0) is 12.6. The molecule has 2 rings (SSSR count). The predicted molar refractivity (Wildman–Crippen MR) is 66.3 cm³/mol.